The Bertz CT molecular complexity index is 1210. The summed E-state index contributed by atoms with van der Waals surface area (Å²) in [6, 6.07) is 2.37. The molecule has 2 aliphatic carbocycles. The van der Waals surface area contributed by atoms with E-state index in [0.717, 1.165) is 19.0 Å². The van der Waals surface area contributed by atoms with Gasteiger partial charge in [-0.15, -0.1) is 0 Å². The van der Waals surface area contributed by atoms with Crippen LogP contribution in [0.3, 0.4) is 0 Å². The molecule has 200 valence electrons. The Morgan fingerprint density at radius 3 is 2.51 bits per heavy atom. The third-order valence-electron chi connectivity index (χ3n) is 7.94. The number of carbonyl (C=O) groups is 2. The first-order valence-corrected chi connectivity index (χ1v) is 12.6. The summed E-state index contributed by atoms with van der Waals surface area (Å²) in [6.45, 7) is 0.326. The maximum Gasteiger partial charge on any atom is 0.417 e. The van der Waals surface area contributed by atoms with Gasteiger partial charge in [-0.2, -0.15) is 18.3 Å². The van der Waals surface area contributed by atoms with Crippen LogP contribution in [0.2, 0.25) is 5.15 Å². The largest absolute Gasteiger partial charge is 0.417 e. The fourth-order valence-electron chi connectivity index (χ4n) is 5.52. The first-order chi connectivity index (χ1) is 17.4. The number of H-pyrrole nitrogens is 1. The van der Waals surface area contributed by atoms with Gasteiger partial charge in [-0.1, -0.05) is 11.6 Å². The molecule has 1 spiro atoms. The summed E-state index contributed by atoms with van der Waals surface area (Å²) in [4.78, 5) is 31.6. The van der Waals surface area contributed by atoms with E-state index >= 15 is 0 Å². The number of likely N-dealkylation sites (tertiary alicyclic amines) is 1. The predicted octanol–water partition coefficient (Wildman–Crippen LogP) is 4.00. The van der Waals surface area contributed by atoms with E-state index in [4.69, 9.17) is 11.6 Å². The van der Waals surface area contributed by atoms with Crippen molar-refractivity contribution in [1.29, 1.82) is 0 Å². The molecule has 3 heterocycles. The average molecular weight is 544 g/mol. The number of carbonyl (C=O) groups excluding carboxylic acids is 2. The monoisotopic (exact) mass is 543 g/mol. The van der Waals surface area contributed by atoms with Gasteiger partial charge in [0, 0.05) is 29.6 Å². The van der Waals surface area contributed by atoms with Crippen LogP contribution < -0.4 is 5.32 Å². The molecule has 0 bridgehead atoms. The van der Waals surface area contributed by atoms with Crippen molar-refractivity contribution in [3.8, 4) is 11.3 Å². The van der Waals surface area contributed by atoms with Gasteiger partial charge in [0.2, 0.25) is 5.91 Å². The molecule has 2 amide bonds. The normalized spacial score (nSPS) is 27.2. The molecule has 3 N–H and O–H groups in total. The topological polar surface area (TPSA) is 111 Å². The average Bonchev–Trinajstić information content (AvgIpc) is 3.42. The number of alkyl halides is 3. The fraction of sp³-hybridized carbons (Fsp3) is 0.583. The van der Waals surface area contributed by atoms with Gasteiger partial charge in [0.15, 0.2) is 17.1 Å². The van der Waals surface area contributed by atoms with E-state index < -0.39 is 42.0 Å². The highest BCUT2D eigenvalue weighted by Gasteiger charge is 2.56. The van der Waals surface area contributed by atoms with Gasteiger partial charge >= 0.3 is 6.18 Å². The molecular weight excluding hydrogens is 518 g/mol. The predicted molar refractivity (Wildman–Crippen MR) is 124 cm³/mol. The van der Waals surface area contributed by atoms with E-state index in [0.29, 0.717) is 19.4 Å². The molecule has 2 aromatic rings. The van der Waals surface area contributed by atoms with Crippen LogP contribution in [0.1, 0.15) is 61.9 Å². The van der Waals surface area contributed by atoms with Gasteiger partial charge in [0.25, 0.3) is 5.91 Å². The Morgan fingerprint density at radius 2 is 1.86 bits per heavy atom. The van der Waals surface area contributed by atoms with E-state index in [1.807, 2.05) is 0 Å². The zero-order valence-corrected chi connectivity index (χ0v) is 20.5. The second-order valence-corrected chi connectivity index (χ2v) is 10.7. The number of piperidine rings is 1. The summed E-state index contributed by atoms with van der Waals surface area (Å²) in [5.74, 6) is -1.53. The number of halogens is 5. The highest BCUT2D eigenvalue weighted by molar-refractivity contribution is 6.29. The van der Waals surface area contributed by atoms with Crippen LogP contribution in [-0.4, -0.2) is 66.9 Å². The van der Waals surface area contributed by atoms with Crippen LogP contribution in [0.5, 0.6) is 0 Å². The molecule has 2 aromatic heterocycles. The smallest absolute Gasteiger partial charge is 0.380 e. The highest BCUT2D eigenvalue weighted by atomic mass is 35.5. The van der Waals surface area contributed by atoms with Crippen molar-refractivity contribution >= 4 is 23.4 Å². The van der Waals surface area contributed by atoms with Crippen LogP contribution in [0.15, 0.2) is 18.3 Å². The van der Waals surface area contributed by atoms with Crippen molar-refractivity contribution in [3.63, 3.8) is 0 Å². The number of aliphatic hydroxyl groups is 1. The van der Waals surface area contributed by atoms with E-state index in [-0.39, 0.29) is 52.7 Å². The van der Waals surface area contributed by atoms with E-state index in [1.54, 1.807) is 4.90 Å². The minimum atomic E-state index is -4.69. The maximum absolute atomic E-state index is 14.2. The summed E-state index contributed by atoms with van der Waals surface area (Å²) >= 11 is 5.86. The van der Waals surface area contributed by atoms with Gasteiger partial charge < -0.3 is 15.3 Å². The van der Waals surface area contributed by atoms with E-state index in [1.165, 1.54) is 12.1 Å². The van der Waals surface area contributed by atoms with Crippen molar-refractivity contribution in [2.75, 3.05) is 6.54 Å². The lowest BCUT2D eigenvalue weighted by atomic mass is 9.81. The number of hydrogen-bond donors (Lipinski definition) is 3. The Morgan fingerprint density at radius 1 is 1.16 bits per heavy atom. The van der Waals surface area contributed by atoms with Crippen molar-refractivity contribution in [3.05, 3.63) is 35.0 Å². The van der Waals surface area contributed by atoms with E-state index in [2.05, 4.69) is 20.5 Å². The molecule has 0 aromatic carbocycles. The zero-order valence-electron chi connectivity index (χ0n) is 19.7. The molecule has 0 radical (unpaired) electrons. The molecule has 5 rings (SSSR count). The number of aromatic amines is 1. The first kappa shape index (κ1) is 25.9. The Labute approximate surface area is 214 Å². The van der Waals surface area contributed by atoms with Crippen LogP contribution in [-0.2, 0) is 4.79 Å². The zero-order chi connectivity index (χ0) is 26.6. The molecule has 1 atom stereocenters. The quantitative estimate of drug-likeness (QED) is 0.399. The molecule has 8 nitrogen and oxygen atoms in total. The number of pyridine rings is 1. The Hall–Kier alpha value is -2.73. The summed E-state index contributed by atoms with van der Waals surface area (Å²) < 4.78 is 53.3. The molecule has 13 heteroatoms. The molecule has 1 aliphatic heterocycles. The number of aromatic nitrogens is 3. The second-order valence-electron chi connectivity index (χ2n) is 10.3. The highest BCUT2D eigenvalue weighted by Crippen LogP contribution is 2.50. The molecule has 2 saturated carbocycles. The fourth-order valence-corrected chi connectivity index (χ4v) is 5.68. The van der Waals surface area contributed by atoms with Crippen LogP contribution in [0.25, 0.3) is 11.3 Å². The lowest BCUT2D eigenvalue weighted by Crippen LogP contribution is -2.54. The summed E-state index contributed by atoms with van der Waals surface area (Å²) in [5.41, 5.74) is -2.62. The SMILES string of the molecule is O=C(N[C@H]1CC[C@@](O)(C(F)(F)F)CC1)[C@@H]1CCN(C(=O)c2cc(-c3cc(Cl)ncc3F)[nH]n2)C2(CC2)C1. The Balaban J connectivity index is 1.20. The van der Waals surface area contributed by atoms with Crippen LogP contribution >= 0.6 is 11.6 Å². The number of hydrogen-bond acceptors (Lipinski definition) is 5. The van der Waals surface area contributed by atoms with Crippen molar-refractivity contribution in [1.82, 2.24) is 25.4 Å². The molecule has 37 heavy (non-hydrogen) atoms. The lowest BCUT2D eigenvalue weighted by Gasteiger charge is -2.41. The van der Waals surface area contributed by atoms with Gasteiger partial charge in [-0.05, 0) is 63.5 Å². The first-order valence-electron chi connectivity index (χ1n) is 12.2. The molecular formula is C24H26ClF4N5O3. The van der Waals surface area contributed by atoms with Gasteiger partial charge in [0.05, 0.1) is 11.9 Å². The number of nitrogens with one attached hydrogen (secondary N) is 2. The molecule has 0 unspecified atom stereocenters. The number of nitrogens with zero attached hydrogens (tertiary/aromatic N) is 3. The summed E-state index contributed by atoms with van der Waals surface area (Å²) in [7, 11) is 0. The lowest BCUT2D eigenvalue weighted by molar-refractivity contribution is -0.270. The van der Waals surface area contributed by atoms with Gasteiger partial charge in [-0.3, -0.25) is 14.7 Å². The summed E-state index contributed by atoms with van der Waals surface area (Å²) in [6.07, 6.45) is -2.16. The van der Waals surface area contributed by atoms with Crippen molar-refractivity contribution in [2.45, 2.75) is 74.7 Å². The minimum absolute atomic E-state index is 0.0506. The third kappa shape index (κ3) is 4.93. The Kier molecular flexibility index (Phi) is 6.46. The summed E-state index contributed by atoms with van der Waals surface area (Å²) in [5, 5.41) is 19.5. The number of amides is 2. The number of rotatable bonds is 4. The maximum atomic E-state index is 14.2. The van der Waals surface area contributed by atoms with Gasteiger partial charge in [-0.25, -0.2) is 9.37 Å². The minimum Gasteiger partial charge on any atom is -0.380 e. The van der Waals surface area contributed by atoms with Crippen molar-refractivity contribution in [2.24, 2.45) is 5.92 Å². The third-order valence-corrected chi connectivity index (χ3v) is 8.15. The van der Waals surface area contributed by atoms with Crippen LogP contribution in [0.4, 0.5) is 17.6 Å². The van der Waals surface area contributed by atoms with Crippen LogP contribution in [0, 0.1) is 11.7 Å². The van der Waals surface area contributed by atoms with Gasteiger partial charge in [0.1, 0.15) is 5.15 Å². The second kappa shape index (κ2) is 9.23. The standard InChI is InChI=1S/C24H26ClF4N5O3/c25-19-9-15(16(26)12-30-19)17-10-18(33-32-17)21(36)34-8-3-13(11-22(34)6-7-22)20(35)31-14-1-4-23(37,5-2-14)24(27,28)29/h9-10,12-14,37H,1-8,11H2,(H,31,35)(H,32,33)/t13-,14-,23-/m1/s1. The van der Waals surface area contributed by atoms with Crippen molar-refractivity contribution < 1.29 is 32.3 Å². The molecule has 1 saturated heterocycles. The molecule has 3 aliphatic rings. The van der Waals surface area contributed by atoms with E-state index in [9.17, 15) is 32.3 Å². The molecule has 3 fully saturated rings.